The second-order valence-corrected chi connectivity index (χ2v) is 6.38. The molecule has 1 amide bonds. The first-order chi connectivity index (χ1) is 12.2. The average Bonchev–Trinajstić information content (AvgIpc) is 3.29. The first-order valence-corrected chi connectivity index (χ1v) is 8.65. The van der Waals surface area contributed by atoms with Gasteiger partial charge in [0.05, 0.1) is 11.0 Å². The molecule has 1 aliphatic heterocycles. The number of imidazole rings is 1. The number of hydrogen-bond acceptors (Lipinski definition) is 3. The van der Waals surface area contributed by atoms with Gasteiger partial charge in [-0.05, 0) is 49.2 Å². The molecule has 25 heavy (non-hydrogen) atoms. The van der Waals surface area contributed by atoms with E-state index in [2.05, 4.69) is 10.6 Å². The van der Waals surface area contributed by atoms with Crippen molar-refractivity contribution >= 4 is 16.9 Å². The molecule has 2 aromatic carbocycles. The van der Waals surface area contributed by atoms with Gasteiger partial charge in [0.1, 0.15) is 11.6 Å². The molecule has 0 bridgehead atoms. The Morgan fingerprint density at radius 3 is 2.52 bits per heavy atom. The van der Waals surface area contributed by atoms with E-state index in [0.717, 1.165) is 48.4 Å². The third-order valence-electron chi connectivity index (χ3n) is 4.72. The van der Waals surface area contributed by atoms with Crippen molar-refractivity contribution in [3.63, 3.8) is 0 Å². The number of fused-ring (bicyclic) bond motifs is 1. The van der Waals surface area contributed by atoms with Gasteiger partial charge >= 0.3 is 0 Å². The third kappa shape index (κ3) is 3.09. The van der Waals surface area contributed by atoms with Crippen LogP contribution < -0.4 is 4.74 Å². The summed E-state index contributed by atoms with van der Waals surface area (Å²) < 4.78 is 7.73. The highest BCUT2D eigenvalue weighted by molar-refractivity contribution is 5.80. The van der Waals surface area contributed by atoms with E-state index in [-0.39, 0.29) is 12.5 Å². The highest BCUT2D eigenvalue weighted by Crippen LogP contribution is 2.25. The van der Waals surface area contributed by atoms with Crippen LogP contribution in [0.1, 0.15) is 12.8 Å². The maximum atomic E-state index is 12.0. The van der Waals surface area contributed by atoms with Gasteiger partial charge < -0.3 is 14.2 Å². The van der Waals surface area contributed by atoms with Crippen LogP contribution in [0.5, 0.6) is 5.75 Å². The smallest absolute Gasteiger partial charge is 0.260 e. The quantitative estimate of drug-likeness (QED) is 0.735. The van der Waals surface area contributed by atoms with E-state index in [1.54, 1.807) is 0 Å². The molecule has 0 unspecified atom stereocenters. The molecule has 128 valence electrons. The van der Waals surface area contributed by atoms with E-state index in [4.69, 9.17) is 9.72 Å². The monoisotopic (exact) mass is 335 g/mol. The van der Waals surface area contributed by atoms with Crippen molar-refractivity contribution in [2.24, 2.45) is 7.05 Å². The summed E-state index contributed by atoms with van der Waals surface area (Å²) in [6, 6.07) is 15.8. The Morgan fingerprint density at radius 2 is 1.80 bits per heavy atom. The van der Waals surface area contributed by atoms with Gasteiger partial charge in [-0.15, -0.1) is 0 Å². The van der Waals surface area contributed by atoms with Gasteiger partial charge in [-0.3, -0.25) is 4.79 Å². The second-order valence-electron chi connectivity index (χ2n) is 6.38. The number of para-hydroxylation sites is 2. The molecule has 5 nitrogen and oxygen atoms in total. The number of amides is 1. The molecule has 2 heterocycles. The minimum Gasteiger partial charge on any atom is -0.484 e. The Morgan fingerprint density at radius 1 is 1.08 bits per heavy atom. The van der Waals surface area contributed by atoms with E-state index >= 15 is 0 Å². The molecule has 1 aromatic heterocycles. The number of aromatic nitrogens is 2. The van der Waals surface area contributed by atoms with Crippen LogP contribution in [0.3, 0.4) is 0 Å². The van der Waals surface area contributed by atoms with Crippen molar-refractivity contribution in [1.29, 1.82) is 0 Å². The molecule has 0 spiro atoms. The molecule has 4 rings (SSSR count). The number of rotatable bonds is 4. The summed E-state index contributed by atoms with van der Waals surface area (Å²) in [5, 5.41) is 0. The summed E-state index contributed by atoms with van der Waals surface area (Å²) in [4.78, 5) is 18.6. The van der Waals surface area contributed by atoms with Crippen LogP contribution in [0.25, 0.3) is 22.4 Å². The minimum absolute atomic E-state index is 0.0666. The maximum Gasteiger partial charge on any atom is 0.260 e. The number of ether oxygens (including phenoxy) is 1. The number of likely N-dealkylation sites (tertiary alicyclic amines) is 1. The van der Waals surface area contributed by atoms with Crippen LogP contribution in [0.15, 0.2) is 48.5 Å². The van der Waals surface area contributed by atoms with Gasteiger partial charge in [-0.25, -0.2) is 4.98 Å². The van der Waals surface area contributed by atoms with Gasteiger partial charge in [0, 0.05) is 25.7 Å². The molecule has 5 heteroatoms. The maximum absolute atomic E-state index is 12.0. The molecule has 1 aliphatic rings. The molecule has 1 saturated heterocycles. The fourth-order valence-electron chi connectivity index (χ4n) is 3.31. The van der Waals surface area contributed by atoms with E-state index in [1.165, 1.54) is 0 Å². The standard InChI is InChI=1S/C20H21N3O2/c1-22-18-7-3-2-6-17(18)21-20(22)15-8-10-16(11-9-15)25-14-19(24)23-12-4-5-13-23/h2-3,6-11H,4-5,12-14H2,1H3. The lowest BCUT2D eigenvalue weighted by atomic mass is 10.2. The average molecular weight is 335 g/mol. The first kappa shape index (κ1) is 15.7. The van der Waals surface area contributed by atoms with Crippen LogP contribution in [-0.2, 0) is 11.8 Å². The van der Waals surface area contributed by atoms with Gasteiger partial charge in [0.25, 0.3) is 5.91 Å². The molecule has 0 radical (unpaired) electrons. The van der Waals surface area contributed by atoms with Crippen LogP contribution in [0.2, 0.25) is 0 Å². The van der Waals surface area contributed by atoms with E-state index in [9.17, 15) is 4.79 Å². The number of hydrogen-bond donors (Lipinski definition) is 0. The molecule has 0 N–H and O–H groups in total. The molecule has 3 aromatic rings. The summed E-state index contributed by atoms with van der Waals surface area (Å²) in [5.74, 6) is 1.69. The van der Waals surface area contributed by atoms with E-state index in [0.29, 0.717) is 5.75 Å². The molecule has 0 saturated carbocycles. The highest BCUT2D eigenvalue weighted by atomic mass is 16.5. The van der Waals surface area contributed by atoms with Crippen LogP contribution in [0.4, 0.5) is 0 Å². The summed E-state index contributed by atoms with van der Waals surface area (Å²) in [6.07, 6.45) is 2.19. The van der Waals surface area contributed by atoms with Gasteiger partial charge in [0.15, 0.2) is 6.61 Å². The lowest BCUT2D eigenvalue weighted by Crippen LogP contribution is -2.32. The molecule has 1 fully saturated rings. The Balaban J connectivity index is 1.47. The molecule has 0 aliphatic carbocycles. The van der Waals surface area contributed by atoms with Gasteiger partial charge in [-0.2, -0.15) is 0 Å². The van der Waals surface area contributed by atoms with Crippen LogP contribution in [-0.4, -0.2) is 40.1 Å². The van der Waals surface area contributed by atoms with Crippen molar-refractivity contribution < 1.29 is 9.53 Å². The van der Waals surface area contributed by atoms with Crippen molar-refractivity contribution in [3.05, 3.63) is 48.5 Å². The normalized spacial score (nSPS) is 14.2. The minimum atomic E-state index is 0.0666. The first-order valence-electron chi connectivity index (χ1n) is 8.65. The Bertz CT molecular complexity index is 893. The van der Waals surface area contributed by atoms with Crippen molar-refractivity contribution in [1.82, 2.24) is 14.5 Å². The van der Waals surface area contributed by atoms with Gasteiger partial charge in [-0.1, -0.05) is 12.1 Å². The Labute approximate surface area is 146 Å². The molecule has 0 atom stereocenters. The second kappa shape index (κ2) is 6.59. The predicted octanol–water partition coefficient (Wildman–Crippen LogP) is 3.24. The van der Waals surface area contributed by atoms with Crippen molar-refractivity contribution in [2.45, 2.75) is 12.8 Å². The molecular weight excluding hydrogens is 314 g/mol. The number of nitrogens with zero attached hydrogens (tertiary/aromatic N) is 3. The molecular formula is C20H21N3O2. The predicted molar refractivity (Wildman–Crippen MR) is 97.5 cm³/mol. The zero-order chi connectivity index (χ0) is 17.2. The van der Waals surface area contributed by atoms with E-state index in [1.807, 2.05) is 54.4 Å². The largest absolute Gasteiger partial charge is 0.484 e. The topological polar surface area (TPSA) is 47.4 Å². The highest BCUT2D eigenvalue weighted by Gasteiger charge is 2.18. The fraction of sp³-hybridized carbons (Fsp3) is 0.300. The summed E-state index contributed by atoms with van der Waals surface area (Å²) in [6.45, 7) is 1.81. The number of carbonyl (C=O) groups is 1. The summed E-state index contributed by atoms with van der Waals surface area (Å²) >= 11 is 0. The lowest BCUT2D eigenvalue weighted by Gasteiger charge is -2.15. The number of benzene rings is 2. The third-order valence-corrected chi connectivity index (χ3v) is 4.72. The van der Waals surface area contributed by atoms with Gasteiger partial charge in [0.2, 0.25) is 0 Å². The number of carbonyl (C=O) groups excluding carboxylic acids is 1. The lowest BCUT2D eigenvalue weighted by molar-refractivity contribution is -0.132. The van der Waals surface area contributed by atoms with Crippen LogP contribution in [0, 0.1) is 0 Å². The zero-order valence-corrected chi connectivity index (χ0v) is 14.3. The van der Waals surface area contributed by atoms with E-state index < -0.39 is 0 Å². The SMILES string of the molecule is Cn1c(-c2ccc(OCC(=O)N3CCCC3)cc2)nc2ccccc21. The Kier molecular flexibility index (Phi) is 4.14. The number of aryl methyl sites for hydroxylation is 1. The van der Waals surface area contributed by atoms with Crippen LogP contribution >= 0.6 is 0 Å². The summed E-state index contributed by atoms with van der Waals surface area (Å²) in [7, 11) is 2.02. The fourth-order valence-corrected chi connectivity index (χ4v) is 3.31. The zero-order valence-electron chi connectivity index (χ0n) is 14.3. The van der Waals surface area contributed by atoms with Crippen molar-refractivity contribution in [2.75, 3.05) is 19.7 Å². The van der Waals surface area contributed by atoms with Crippen molar-refractivity contribution in [3.8, 4) is 17.1 Å². The summed E-state index contributed by atoms with van der Waals surface area (Å²) in [5.41, 5.74) is 3.11. The Hall–Kier alpha value is -2.82.